The van der Waals surface area contributed by atoms with Gasteiger partial charge in [-0.1, -0.05) is 6.92 Å². The third kappa shape index (κ3) is 4.42. The quantitative estimate of drug-likeness (QED) is 0.634. The number of carbonyl (C=O) groups is 1. The lowest BCUT2D eigenvalue weighted by molar-refractivity contribution is 0.0643. The number of ether oxygens (including phenoxy) is 2. The number of aromatic nitrogens is 3. The van der Waals surface area contributed by atoms with Crippen molar-refractivity contribution >= 4 is 17.7 Å². The Bertz CT molecular complexity index is 1170. The molecule has 0 atom stereocenters. The van der Waals surface area contributed by atoms with Crippen molar-refractivity contribution in [3.63, 3.8) is 0 Å². The molecule has 2 aromatic heterocycles. The molecule has 1 saturated heterocycles. The zero-order valence-electron chi connectivity index (χ0n) is 18.1. The first-order valence-electron chi connectivity index (χ1n) is 10.8. The first-order chi connectivity index (χ1) is 16.1. The minimum Gasteiger partial charge on any atom is -0.454 e. The number of nitrogens with zero attached hydrogens (tertiary/aromatic N) is 5. The molecule has 0 bridgehead atoms. The minimum absolute atomic E-state index is 0.0343. The van der Waals surface area contributed by atoms with E-state index in [0.29, 0.717) is 41.5 Å². The van der Waals surface area contributed by atoms with Gasteiger partial charge in [0.25, 0.3) is 5.91 Å². The van der Waals surface area contributed by atoms with E-state index in [0.717, 1.165) is 25.8 Å². The van der Waals surface area contributed by atoms with Crippen molar-refractivity contribution in [3.8, 4) is 22.8 Å². The molecule has 1 aromatic carbocycles. The molecule has 9 nitrogen and oxygen atoms in total. The van der Waals surface area contributed by atoms with Crippen LogP contribution in [0, 0.1) is 5.82 Å². The van der Waals surface area contributed by atoms with E-state index in [1.165, 1.54) is 6.20 Å². The van der Waals surface area contributed by atoms with Gasteiger partial charge in [0.15, 0.2) is 17.3 Å². The molecule has 3 aromatic rings. The van der Waals surface area contributed by atoms with Crippen LogP contribution in [-0.4, -0.2) is 70.2 Å². The molecule has 2 aliphatic heterocycles. The molecule has 5 rings (SSSR count). The summed E-state index contributed by atoms with van der Waals surface area (Å²) in [5.41, 5.74) is 1.19. The molecule has 2 aliphatic rings. The summed E-state index contributed by atoms with van der Waals surface area (Å²) in [6.07, 6.45) is 2.63. The Morgan fingerprint density at radius 3 is 2.64 bits per heavy atom. The molecule has 0 aliphatic carbocycles. The van der Waals surface area contributed by atoms with E-state index in [1.807, 2.05) is 4.90 Å². The lowest BCUT2D eigenvalue weighted by Crippen LogP contribution is -2.48. The van der Waals surface area contributed by atoms with Crippen LogP contribution in [0.25, 0.3) is 11.3 Å². The van der Waals surface area contributed by atoms with E-state index in [1.54, 1.807) is 30.3 Å². The Balaban J connectivity index is 1.29. The van der Waals surface area contributed by atoms with Gasteiger partial charge in [-0.15, -0.1) is 0 Å². The lowest BCUT2D eigenvalue weighted by Gasteiger charge is -2.34. The summed E-state index contributed by atoms with van der Waals surface area (Å²) < 4.78 is 25.1. The van der Waals surface area contributed by atoms with E-state index >= 15 is 0 Å². The smallest absolute Gasteiger partial charge is 0.255 e. The van der Waals surface area contributed by atoms with Gasteiger partial charge in [0.05, 0.1) is 11.8 Å². The number of amides is 1. The van der Waals surface area contributed by atoms with Crippen LogP contribution >= 0.6 is 0 Å². The van der Waals surface area contributed by atoms with E-state index in [-0.39, 0.29) is 24.3 Å². The number of hydrogen-bond donors (Lipinski definition) is 1. The highest BCUT2D eigenvalue weighted by Crippen LogP contribution is 2.36. The van der Waals surface area contributed by atoms with Crippen LogP contribution in [0.1, 0.15) is 17.3 Å². The van der Waals surface area contributed by atoms with Gasteiger partial charge in [-0.25, -0.2) is 19.3 Å². The Hall–Kier alpha value is -3.79. The monoisotopic (exact) mass is 450 g/mol. The fraction of sp³-hybridized carbons (Fsp3) is 0.304. The normalized spacial score (nSPS) is 15.5. The number of pyridine rings is 1. The second-order valence-electron chi connectivity index (χ2n) is 7.74. The topological polar surface area (TPSA) is 92.7 Å². The Kier molecular flexibility index (Phi) is 5.74. The van der Waals surface area contributed by atoms with Crippen LogP contribution in [0.3, 0.4) is 0 Å². The summed E-state index contributed by atoms with van der Waals surface area (Å²) in [5.74, 6) is 1.19. The number of piperazine rings is 1. The van der Waals surface area contributed by atoms with Gasteiger partial charge in [-0.05, 0) is 36.9 Å². The van der Waals surface area contributed by atoms with Gasteiger partial charge in [0, 0.05) is 37.9 Å². The van der Waals surface area contributed by atoms with Crippen molar-refractivity contribution in [2.75, 3.05) is 44.8 Å². The average molecular weight is 450 g/mol. The van der Waals surface area contributed by atoms with Crippen LogP contribution in [-0.2, 0) is 0 Å². The number of halogens is 1. The molecule has 1 amide bonds. The molecule has 1 fully saturated rings. The maximum absolute atomic E-state index is 14.4. The van der Waals surface area contributed by atoms with Crippen molar-refractivity contribution in [2.45, 2.75) is 6.92 Å². The molecule has 170 valence electrons. The van der Waals surface area contributed by atoms with Gasteiger partial charge in [-0.2, -0.15) is 0 Å². The van der Waals surface area contributed by atoms with Crippen LogP contribution in [0.15, 0.2) is 42.7 Å². The number of carbonyl (C=O) groups excluding carboxylic acids is 1. The summed E-state index contributed by atoms with van der Waals surface area (Å²) in [6, 6.07) is 8.50. The fourth-order valence-corrected chi connectivity index (χ4v) is 3.83. The lowest BCUT2D eigenvalue weighted by atomic mass is 10.1. The summed E-state index contributed by atoms with van der Waals surface area (Å²) in [4.78, 5) is 29.5. The van der Waals surface area contributed by atoms with Gasteiger partial charge in [-0.3, -0.25) is 4.79 Å². The second-order valence-corrected chi connectivity index (χ2v) is 7.74. The van der Waals surface area contributed by atoms with Gasteiger partial charge >= 0.3 is 0 Å². The third-order valence-electron chi connectivity index (χ3n) is 5.75. The number of nitrogens with one attached hydrogen (secondary N) is 1. The van der Waals surface area contributed by atoms with E-state index in [4.69, 9.17) is 9.47 Å². The summed E-state index contributed by atoms with van der Waals surface area (Å²) in [5, 5.41) is 2.97. The van der Waals surface area contributed by atoms with Crippen molar-refractivity contribution in [2.24, 2.45) is 0 Å². The predicted octanol–water partition coefficient (Wildman–Crippen LogP) is 2.93. The number of hydrogen-bond acceptors (Lipinski definition) is 8. The summed E-state index contributed by atoms with van der Waals surface area (Å²) in [6.45, 7) is 6.42. The van der Waals surface area contributed by atoms with Crippen LogP contribution in [0.2, 0.25) is 0 Å². The molecule has 0 unspecified atom stereocenters. The highest BCUT2D eigenvalue weighted by Gasteiger charge is 2.22. The number of benzene rings is 1. The first-order valence-corrected chi connectivity index (χ1v) is 10.8. The molecule has 4 heterocycles. The van der Waals surface area contributed by atoms with Gasteiger partial charge in [0.2, 0.25) is 12.7 Å². The predicted molar refractivity (Wildman–Crippen MR) is 119 cm³/mol. The number of likely N-dealkylation sites (N-methyl/N-ethyl adjacent to an activating group) is 1. The number of fused-ring (bicyclic) bond motifs is 1. The molecule has 0 saturated carbocycles. The summed E-state index contributed by atoms with van der Waals surface area (Å²) in [7, 11) is 0. The maximum atomic E-state index is 14.4. The largest absolute Gasteiger partial charge is 0.454 e. The highest BCUT2D eigenvalue weighted by atomic mass is 19.1. The fourth-order valence-electron chi connectivity index (χ4n) is 3.83. The van der Waals surface area contributed by atoms with Crippen molar-refractivity contribution < 1.29 is 18.7 Å². The average Bonchev–Trinajstić information content (AvgIpc) is 3.33. The Morgan fingerprint density at radius 1 is 1.06 bits per heavy atom. The van der Waals surface area contributed by atoms with Crippen LogP contribution in [0.4, 0.5) is 16.2 Å². The molecular formula is C23H23FN6O3. The molecule has 0 spiro atoms. The second kappa shape index (κ2) is 8.99. The van der Waals surface area contributed by atoms with E-state index < -0.39 is 5.82 Å². The zero-order chi connectivity index (χ0) is 22.8. The summed E-state index contributed by atoms with van der Waals surface area (Å²) >= 11 is 0. The zero-order valence-corrected chi connectivity index (χ0v) is 18.1. The molecule has 1 N–H and O–H groups in total. The number of anilines is 2. The molecule has 0 radical (unpaired) electrons. The maximum Gasteiger partial charge on any atom is 0.255 e. The van der Waals surface area contributed by atoms with Crippen LogP contribution in [0.5, 0.6) is 11.5 Å². The Labute approximate surface area is 190 Å². The SMILES string of the molecule is CCN1CCN(C(=O)c2ccc(Nc3ncc(F)c(-c4ccc5c(c4)OCO5)n3)nc2)CC1. The minimum atomic E-state index is -0.559. The number of rotatable bonds is 5. The molecule has 10 heteroatoms. The van der Waals surface area contributed by atoms with Crippen molar-refractivity contribution in [1.82, 2.24) is 24.8 Å². The van der Waals surface area contributed by atoms with Crippen molar-refractivity contribution in [1.29, 1.82) is 0 Å². The highest BCUT2D eigenvalue weighted by molar-refractivity contribution is 5.94. The Morgan fingerprint density at radius 2 is 1.88 bits per heavy atom. The van der Waals surface area contributed by atoms with Gasteiger partial charge in [0.1, 0.15) is 11.5 Å². The standard InChI is InChI=1S/C23H23FN6O3/c1-2-29-7-9-30(10-8-29)22(31)16-4-6-20(25-12-16)27-23-26-13-17(24)21(28-23)15-3-5-18-19(11-15)33-14-32-18/h3-6,11-13H,2,7-10,14H2,1H3,(H,25,26,27,28). The molecule has 33 heavy (non-hydrogen) atoms. The third-order valence-corrected chi connectivity index (χ3v) is 5.75. The first kappa shape index (κ1) is 21.1. The van der Waals surface area contributed by atoms with Crippen molar-refractivity contribution in [3.05, 3.63) is 54.1 Å². The molecular weight excluding hydrogens is 427 g/mol. The van der Waals surface area contributed by atoms with E-state index in [2.05, 4.69) is 32.1 Å². The van der Waals surface area contributed by atoms with E-state index in [9.17, 15) is 9.18 Å². The van der Waals surface area contributed by atoms with Crippen LogP contribution < -0.4 is 14.8 Å². The van der Waals surface area contributed by atoms with Gasteiger partial charge < -0.3 is 24.6 Å².